The second-order valence-electron chi connectivity index (χ2n) is 4.75. The lowest BCUT2D eigenvalue weighted by atomic mass is 10.1. The number of ether oxygens (including phenoxy) is 1. The van der Waals surface area contributed by atoms with Crippen LogP contribution in [0.15, 0.2) is 40.2 Å². The Kier molecular flexibility index (Phi) is 4.29. The Labute approximate surface area is 131 Å². The molecular formula is C15H17BrN2OS. The Balaban J connectivity index is 2.01. The third-order valence-corrected chi connectivity index (χ3v) is 5.49. The number of benzene rings is 1. The molecule has 3 nitrogen and oxygen atoms in total. The summed E-state index contributed by atoms with van der Waals surface area (Å²) in [6.07, 6.45) is 1.01. The first-order chi connectivity index (χ1) is 9.81. The Morgan fingerprint density at radius 2 is 2.20 bits per heavy atom. The minimum Gasteiger partial charge on any atom is -0.491 e. The van der Waals surface area contributed by atoms with Crippen molar-refractivity contribution < 1.29 is 4.74 Å². The second-order valence-corrected chi connectivity index (χ2v) is 6.55. The molecule has 0 radical (unpaired) electrons. The number of fused-ring (bicyclic) bond motifs is 1. The summed E-state index contributed by atoms with van der Waals surface area (Å²) in [4.78, 5) is 3.66. The highest BCUT2D eigenvalue weighted by Crippen LogP contribution is 2.39. The van der Waals surface area contributed by atoms with E-state index >= 15 is 0 Å². The zero-order chi connectivity index (χ0) is 13.9. The monoisotopic (exact) mass is 352 g/mol. The van der Waals surface area contributed by atoms with E-state index in [4.69, 9.17) is 10.5 Å². The van der Waals surface area contributed by atoms with Gasteiger partial charge in [0, 0.05) is 22.4 Å². The van der Waals surface area contributed by atoms with Crippen LogP contribution in [0.25, 0.3) is 0 Å². The number of para-hydroxylation sites is 2. The summed E-state index contributed by atoms with van der Waals surface area (Å²) in [6, 6.07) is 10.5. The normalized spacial score (nSPS) is 16.2. The van der Waals surface area contributed by atoms with Gasteiger partial charge in [0.05, 0.1) is 18.3 Å². The van der Waals surface area contributed by atoms with E-state index in [9.17, 15) is 0 Å². The lowest BCUT2D eigenvalue weighted by molar-refractivity contribution is 0.322. The molecule has 0 saturated carbocycles. The molecule has 106 valence electrons. The van der Waals surface area contributed by atoms with E-state index in [0.29, 0.717) is 6.54 Å². The van der Waals surface area contributed by atoms with Crippen molar-refractivity contribution in [3.63, 3.8) is 0 Å². The van der Waals surface area contributed by atoms with Crippen LogP contribution in [0.2, 0.25) is 0 Å². The Morgan fingerprint density at radius 1 is 1.35 bits per heavy atom. The number of rotatable bonds is 3. The van der Waals surface area contributed by atoms with Crippen molar-refractivity contribution >= 4 is 33.0 Å². The van der Waals surface area contributed by atoms with E-state index in [1.54, 1.807) is 11.3 Å². The zero-order valence-electron chi connectivity index (χ0n) is 11.1. The van der Waals surface area contributed by atoms with Crippen molar-refractivity contribution in [3.05, 3.63) is 45.1 Å². The van der Waals surface area contributed by atoms with Gasteiger partial charge in [-0.1, -0.05) is 12.1 Å². The van der Waals surface area contributed by atoms with Gasteiger partial charge in [-0.2, -0.15) is 0 Å². The maximum absolute atomic E-state index is 6.08. The van der Waals surface area contributed by atoms with Crippen molar-refractivity contribution in [1.29, 1.82) is 0 Å². The van der Waals surface area contributed by atoms with Gasteiger partial charge in [0.1, 0.15) is 5.75 Å². The van der Waals surface area contributed by atoms with Crippen molar-refractivity contribution in [2.45, 2.75) is 12.5 Å². The number of hydrogen-bond donors (Lipinski definition) is 1. The van der Waals surface area contributed by atoms with Crippen molar-refractivity contribution in [1.82, 2.24) is 0 Å². The average molecular weight is 353 g/mol. The molecule has 1 aromatic carbocycles. The number of halogens is 1. The van der Waals surface area contributed by atoms with Crippen molar-refractivity contribution in [2.24, 2.45) is 5.73 Å². The molecule has 1 aromatic heterocycles. The van der Waals surface area contributed by atoms with Crippen LogP contribution in [0, 0.1) is 0 Å². The maximum Gasteiger partial charge on any atom is 0.142 e. The topological polar surface area (TPSA) is 38.5 Å². The molecule has 2 aromatic rings. The maximum atomic E-state index is 6.08. The first kappa shape index (κ1) is 13.9. The quantitative estimate of drug-likeness (QED) is 0.912. The molecule has 0 spiro atoms. The van der Waals surface area contributed by atoms with Gasteiger partial charge in [0.2, 0.25) is 0 Å². The van der Waals surface area contributed by atoms with Crippen LogP contribution in [0.3, 0.4) is 0 Å². The molecule has 3 rings (SSSR count). The number of thiophene rings is 1. The van der Waals surface area contributed by atoms with Crippen LogP contribution >= 0.6 is 27.3 Å². The molecule has 0 saturated heterocycles. The molecule has 1 aliphatic heterocycles. The fourth-order valence-electron chi connectivity index (χ4n) is 2.60. The van der Waals surface area contributed by atoms with Gasteiger partial charge >= 0.3 is 0 Å². The minimum atomic E-state index is 0.187. The van der Waals surface area contributed by atoms with Crippen molar-refractivity contribution in [2.75, 3.05) is 24.6 Å². The van der Waals surface area contributed by atoms with E-state index in [-0.39, 0.29) is 6.04 Å². The number of anilines is 1. The highest BCUT2D eigenvalue weighted by molar-refractivity contribution is 9.10. The highest BCUT2D eigenvalue weighted by atomic mass is 79.9. The van der Waals surface area contributed by atoms with Crippen LogP contribution < -0.4 is 15.4 Å². The molecule has 2 heterocycles. The molecule has 1 aliphatic rings. The average Bonchev–Trinajstić information content (AvgIpc) is 2.77. The summed E-state index contributed by atoms with van der Waals surface area (Å²) in [5.74, 6) is 0.955. The number of nitrogens with two attached hydrogens (primary N) is 1. The minimum absolute atomic E-state index is 0.187. The standard InChI is InChI=1S/C15H17BrN2OS/c16-11-6-9-20-15(11)13(10-17)18-7-3-8-19-14-5-2-1-4-12(14)18/h1-2,4-6,9,13H,3,7-8,10,17H2. The van der Waals surface area contributed by atoms with E-state index < -0.39 is 0 Å². The molecule has 2 N–H and O–H groups in total. The lowest BCUT2D eigenvalue weighted by Crippen LogP contribution is -2.34. The first-order valence-corrected chi connectivity index (χ1v) is 8.40. The van der Waals surface area contributed by atoms with Crippen LogP contribution in [-0.4, -0.2) is 19.7 Å². The van der Waals surface area contributed by atoms with Crippen LogP contribution in [0.1, 0.15) is 17.3 Å². The third-order valence-electron chi connectivity index (χ3n) is 3.52. The molecule has 1 unspecified atom stereocenters. The summed E-state index contributed by atoms with van der Waals surface area (Å²) >= 11 is 5.38. The van der Waals surface area contributed by atoms with Gasteiger partial charge in [0.25, 0.3) is 0 Å². The Morgan fingerprint density at radius 3 is 2.95 bits per heavy atom. The van der Waals surface area contributed by atoms with Gasteiger partial charge in [-0.25, -0.2) is 0 Å². The number of nitrogens with zero attached hydrogens (tertiary/aromatic N) is 1. The summed E-state index contributed by atoms with van der Waals surface area (Å²) in [6.45, 7) is 2.31. The van der Waals surface area contributed by atoms with Crippen LogP contribution in [0.4, 0.5) is 5.69 Å². The predicted octanol–water partition coefficient (Wildman–Crippen LogP) is 3.80. The van der Waals surface area contributed by atoms with E-state index in [2.05, 4.69) is 44.4 Å². The fraction of sp³-hybridized carbons (Fsp3) is 0.333. The van der Waals surface area contributed by atoms with E-state index in [1.807, 2.05) is 12.1 Å². The van der Waals surface area contributed by atoms with Crippen LogP contribution in [-0.2, 0) is 0 Å². The van der Waals surface area contributed by atoms with Gasteiger partial charge < -0.3 is 15.4 Å². The number of hydrogen-bond acceptors (Lipinski definition) is 4. The Hall–Kier alpha value is -1.04. The molecular weight excluding hydrogens is 336 g/mol. The molecule has 0 fully saturated rings. The highest BCUT2D eigenvalue weighted by Gasteiger charge is 2.26. The van der Waals surface area contributed by atoms with Gasteiger partial charge in [-0.3, -0.25) is 0 Å². The summed E-state index contributed by atoms with van der Waals surface area (Å²) in [5.41, 5.74) is 7.21. The first-order valence-electron chi connectivity index (χ1n) is 6.72. The molecule has 5 heteroatoms. The lowest BCUT2D eigenvalue weighted by Gasteiger charge is -2.32. The van der Waals surface area contributed by atoms with Gasteiger partial charge in [-0.05, 0) is 45.9 Å². The van der Waals surface area contributed by atoms with E-state index in [1.165, 1.54) is 4.88 Å². The SMILES string of the molecule is NCC(c1sccc1Br)N1CCCOc2ccccc21. The van der Waals surface area contributed by atoms with Crippen molar-refractivity contribution in [3.8, 4) is 5.75 Å². The predicted molar refractivity (Wildman–Crippen MR) is 87.7 cm³/mol. The molecule has 0 aliphatic carbocycles. The zero-order valence-corrected chi connectivity index (χ0v) is 13.5. The summed E-state index contributed by atoms with van der Waals surface area (Å²) < 4.78 is 6.97. The smallest absolute Gasteiger partial charge is 0.142 e. The summed E-state index contributed by atoms with van der Waals surface area (Å²) in [7, 11) is 0. The summed E-state index contributed by atoms with van der Waals surface area (Å²) in [5, 5.41) is 2.10. The van der Waals surface area contributed by atoms with Crippen LogP contribution in [0.5, 0.6) is 5.75 Å². The fourth-order valence-corrected chi connectivity index (χ4v) is 4.36. The molecule has 1 atom stereocenters. The molecule has 20 heavy (non-hydrogen) atoms. The third kappa shape index (κ3) is 2.57. The second kappa shape index (κ2) is 6.16. The van der Waals surface area contributed by atoms with Gasteiger partial charge in [0.15, 0.2) is 0 Å². The van der Waals surface area contributed by atoms with E-state index in [0.717, 1.165) is 35.5 Å². The largest absolute Gasteiger partial charge is 0.491 e. The molecule has 0 bridgehead atoms. The van der Waals surface area contributed by atoms with Gasteiger partial charge in [-0.15, -0.1) is 11.3 Å². The Bertz CT molecular complexity index is 587. The molecule has 0 amide bonds.